The summed E-state index contributed by atoms with van der Waals surface area (Å²) in [5.41, 5.74) is 1.58. The smallest absolute Gasteiger partial charge is 0.261 e. The number of hydrogen-bond donors (Lipinski definition) is 0. The maximum atomic E-state index is 12.2. The molecular weight excluding hydrogens is 242 g/mol. The van der Waals surface area contributed by atoms with E-state index in [-0.39, 0.29) is 30.6 Å². The maximum absolute atomic E-state index is 12.2. The van der Waals surface area contributed by atoms with Gasteiger partial charge in [-0.1, -0.05) is 30.3 Å². The van der Waals surface area contributed by atoms with E-state index in [2.05, 4.69) is 0 Å². The molecule has 0 radical (unpaired) electrons. The van der Waals surface area contributed by atoms with Gasteiger partial charge in [-0.3, -0.25) is 19.3 Å². The van der Waals surface area contributed by atoms with Crippen molar-refractivity contribution < 1.29 is 14.4 Å². The Morgan fingerprint density at radius 1 is 0.947 bits per heavy atom. The van der Waals surface area contributed by atoms with Gasteiger partial charge in [0.1, 0.15) is 0 Å². The fourth-order valence-corrected chi connectivity index (χ4v) is 2.31. The van der Waals surface area contributed by atoms with Gasteiger partial charge in [-0.15, -0.1) is 0 Å². The molecule has 4 heteroatoms. The highest BCUT2D eigenvalue weighted by molar-refractivity contribution is 6.23. The van der Waals surface area contributed by atoms with Crippen LogP contribution < -0.4 is 0 Å². The minimum Gasteiger partial charge on any atom is -0.294 e. The zero-order chi connectivity index (χ0) is 13.4. The van der Waals surface area contributed by atoms with Crippen molar-refractivity contribution in [2.45, 2.75) is 13.0 Å². The minimum atomic E-state index is -0.346. The monoisotopic (exact) mass is 253 g/mol. The second-order valence-electron chi connectivity index (χ2n) is 4.55. The van der Waals surface area contributed by atoms with E-state index < -0.39 is 0 Å². The number of carbonyl (C=O) groups excluding carboxylic acids is 3. The van der Waals surface area contributed by atoms with Gasteiger partial charge in [-0.2, -0.15) is 0 Å². The van der Waals surface area contributed by atoms with Gasteiger partial charge in [0.05, 0.1) is 6.54 Å². The SMILES string of the molecule is O=C1C=CC2=C(C1)C(=O)N(Cc1ccccc1)C2=O. The molecule has 1 aromatic rings. The Morgan fingerprint density at radius 3 is 2.42 bits per heavy atom. The van der Waals surface area contributed by atoms with Crippen molar-refractivity contribution in [3.63, 3.8) is 0 Å². The van der Waals surface area contributed by atoms with Crippen molar-refractivity contribution in [1.29, 1.82) is 0 Å². The number of amides is 2. The first kappa shape index (κ1) is 11.6. The lowest BCUT2D eigenvalue weighted by molar-refractivity contribution is -0.138. The van der Waals surface area contributed by atoms with Gasteiger partial charge in [0.15, 0.2) is 5.78 Å². The fourth-order valence-electron chi connectivity index (χ4n) is 2.31. The van der Waals surface area contributed by atoms with E-state index in [1.807, 2.05) is 30.3 Å². The van der Waals surface area contributed by atoms with Crippen molar-refractivity contribution in [2.75, 3.05) is 0 Å². The van der Waals surface area contributed by atoms with Crippen LogP contribution in [-0.4, -0.2) is 22.5 Å². The average Bonchev–Trinajstić information content (AvgIpc) is 2.65. The number of nitrogens with zero attached hydrogens (tertiary/aromatic N) is 1. The molecule has 0 saturated heterocycles. The minimum absolute atomic E-state index is 0.0295. The topological polar surface area (TPSA) is 54.5 Å². The van der Waals surface area contributed by atoms with Gasteiger partial charge in [0.25, 0.3) is 11.8 Å². The Kier molecular flexibility index (Phi) is 2.63. The first-order valence-corrected chi connectivity index (χ1v) is 6.01. The summed E-state index contributed by atoms with van der Waals surface area (Å²) in [5, 5.41) is 0. The van der Waals surface area contributed by atoms with Crippen molar-refractivity contribution in [1.82, 2.24) is 4.90 Å². The Balaban J connectivity index is 1.88. The van der Waals surface area contributed by atoms with Crippen LogP contribution in [0.4, 0.5) is 0 Å². The Bertz CT molecular complexity index is 641. The molecule has 1 aliphatic heterocycles. The number of ketones is 1. The molecule has 0 aromatic heterocycles. The molecule has 19 heavy (non-hydrogen) atoms. The highest BCUT2D eigenvalue weighted by Crippen LogP contribution is 2.28. The summed E-state index contributed by atoms with van der Waals surface area (Å²) < 4.78 is 0. The lowest BCUT2D eigenvalue weighted by Crippen LogP contribution is -2.31. The zero-order valence-corrected chi connectivity index (χ0v) is 10.1. The van der Waals surface area contributed by atoms with Crippen LogP contribution in [0.5, 0.6) is 0 Å². The lowest BCUT2D eigenvalue weighted by atomic mass is 9.99. The second kappa shape index (κ2) is 4.31. The molecule has 0 fully saturated rings. The third-order valence-corrected chi connectivity index (χ3v) is 3.27. The number of carbonyl (C=O) groups is 3. The summed E-state index contributed by atoms with van der Waals surface area (Å²) in [6, 6.07) is 9.31. The van der Waals surface area contributed by atoms with E-state index in [0.29, 0.717) is 11.1 Å². The standard InChI is InChI=1S/C15H11NO3/c17-11-6-7-12-13(8-11)15(19)16(14(12)18)9-10-4-2-1-3-5-10/h1-7H,8-9H2. The third kappa shape index (κ3) is 1.91. The van der Waals surface area contributed by atoms with E-state index in [4.69, 9.17) is 0 Å². The summed E-state index contributed by atoms with van der Waals surface area (Å²) >= 11 is 0. The molecule has 0 atom stereocenters. The summed E-state index contributed by atoms with van der Waals surface area (Å²) in [4.78, 5) is 36.8. The molecule has 0 N–H and O–H groups in total. The molecule has 94 valence electrons. The van der Waals surface area contributed by atoms with Gasteiger partial charge in [0, 0.05) is 17.6 Å². The molecule has 2 amide bonds. The van der Waals surface area contributed by atoms with E-state index >= 15 is 0 Å². The largest absolute Gasteiger partial charge is 0.294 e. The van der Waals surface area contributed by atoms with Crippen LogP contribution in [0, 0.1) is 0 Å². The highest BCUT2D eigenvalue weighted by Gasteiger charge is 2.38. The van der Waals surface area contributed by atoms with E-state index in [9.17, 15) is 14.4 Å². The number of rotatable bonds is 2. The van der Waals surface area contributed by atoms with Crippen LogP contribution in [-0.2, 0) is 20.9 Å². The first-order chi connectivity index (χ1) is 9.16. The zero-order valence-electron chi connectivity index (χ0n) is 10.1. The van der Waals surface area contributed by atoms with Crippen LogP contribution >= 0.6 is 0 Å². The molecule has 2 aliphatic rings. The predicted octanol–water partition coefficient (Wildman–Crippen LogP) is 1.38. The third-order valence-electron chi connectivity index (χ3n) is 3.27. The number of benzene rings is 1. The Hall–Kier alpha value is -2.49. The summed E-state index contributed by atoms with van der Waals surface area (Å²) in [7, 11) is 0. The molecule has 1 heterocycles. The Labute approximate surface area is 110 Å². The quantitative estimate of drug-likeness (QED) is 0.748. The number of allylic oxidation sites excluding steroid dienone is 1. The van der Waals surface area contributed by atoms with E-state index in [1.165, 1.54) is 17.1 Å². The van der Waals surface area contributed by atoms with Gasteiger partial charge in [-0.25, -0.2) is 0 Å². The van der Waals surface area contributed by atoms with Gasteiger partial charge < -0.3 is 0 Å². The maximum Gasteiger partial charge on any atom is 0.261 e. The molecular formula is C15H11NO3. The van der Waals surface area contributed by atoms with Crippen molar-refractivity contribution in [2.24, 2.45) is 0 Å². The van der Waals surface area contributed by atoms with Crippen LogP contribution in [0.2, 0.25) is 0 Å². The van der Waals surface area contributed by atoms with Crippen LogP contribution in [0.25, 0.3) is 0 Å². The van der Waals surface area contributed by atoms with Crippen LogP contribution in [0.1, 0.15) is 12.0 Å². The molecule has 0 saturated carbocycles. The molecule has 0 bridgehead atoms. The van der Waals surface area contributed by atoms with Crippen molar-refractivity contribution >= 4 is 17.6 Å². The summed E-state index contributed by atoms with van der Waals surface area (Å²) in [5.74, 6) is -0.796. The van der Waals surface area contributed by atoms with Gasteiger partial charge in [0.2, 0.25) is 0 Å². The Morgan fingerprint density at radius 2 is 1.68 bits per heavy atom. The lowest BCUT2D eigenvalue weighted by Gasteiger charge is -2.14. The van der Waals surface area contributed by atoms with E-state index in [1.54, 1.807) is 0 Å². The second-order valence-corrected chi connectivity index (χ2v) is 4.55. The predicted molar refractivity (Wildman–Crippen MR) is 67.8 cm³/mol. The number of hydrogen-bond acceptors (Lipinski definition) is 3. The molecule has 4 nitrogen and oxygen atoms in total. The fraction of sp³-hybridized carbons (Fsp3) is 0.133. The van der Waals surface area contributed by atoms with E-state index in [0.717, 1.165) is 5.56 Å². The number of imide groups is 1. The highest BCUT2D eigenvalue weighted by atomic mass is 16.2. The van der Waals surface area contributed by atoms with Crippen LogP contribution in [0.15, 0.2) is 53.6 Å². The van der Waals surface area contributed by atoms with Gasteiger partial charge >= 0.3 is 0 Å². The molecule has 0 unspecified atom stereocenters. The van der Waals surface area contributed by atoms with Crippen molar-refractivity contribution in [3.05, 3.63) is 59.2 Å². The molecule has 3 rings (SSSR count). The molecule has 1 aliphatic carbocycles. The molecule has 1 aromatic carbocycles. The van der Waals surface area contributed by atoms with Crippen molar-refractivity contribution in [3.8, 4) is 0 Å². The normalized spacial score (nSPS) is 18.3. The summed E-state index contributed by atoms with van der Waals surface area (Å²) in [6.07, 6.45) is 2.84. The first-order valence-electron chi connectivity index (χ1n) is 6.01. The summed E-state index contributed by atoms with van der Waals surface area (Å²) in [6.45, 7) is 0.244. The van der Waals surface area contributed by atoms with Gasteiger partial charge in [-0.05, 0) is 17.7 Å². The van der Waals surface area contributed by atoms with Crippen LogP contribution in [0.3, 0.4) is 0 Å². The molecule has 0 spiro atoms. The average molecular weight is 253 g/mol.